The molecule has 0 spiro atoms. The fourth-order valence-corrected chi connectivity index (χ4v) is 2.69. The number of carbonyl (C=O) groups excluding carboxylic acids is 2. The van der Waals surface area contributed by atoms with Gasteiger partial charge in [0.1, 0.15) is 0 Å². The van der Waals surface area contributed by atoms with Crippen molar-refractivity contribution in [2.75, 3.05) is 11.9 Å². The fourth-order valence-electron chi connectivity index (χ4n) is 1.66. The number of hydrogen-bond donors (Lipinski definition) is 2. The van der Waals surface area contributed by atoms with E-state index in [1.807, 2.05) is 30.8 Å². The van der Waals surface area contributed by atoms with Gasteiger partial charge in [-0.3, -0.25) is 9.59 Å². The number of benzene rings is 1. The number of hydrogen-bond acceptors (Lipinski definition) is 3. The predicted octanol–water partition coefficient (Wildman–Crippen LogP) is 3.35. The highest BCUT2D eigenvalue weighted by molar-refractivity contribution is 7.99. The van der Waals surface area contributed by atoms with Crippen molar-refractivity contribution in [3.05, 3.63) is 23.8 Å². The third kappa shape index (κ3) is 6.21. The van der Waals surface area contributed by atoms with Crippen molar-refractivity contribution in [2.24, 2.45) is 0 Å². The summed E-state index contributed by atoms with van der Waals surface area (Å²) in [5, 5.41) is 5.96. The SMILES string of the molecule is CCC(=O)NCC(=O)Nc1ccc(S[C@@H](C)CC)cc1C. The van der Waals surface area contributed by atoms with Gasteiger partial charge in [-0.05, 0) is 37.1 Å². The molecule has 0 fully saturated rings. The number of carbonyl (C=O) groups is 2. The molecule has 0 radical (unpaired) electrons. The molecule has 0 aromatic heterocycles. The van der Waals surface area contributed by atoms with Crippen LogP contribution >= 0.6 is 11.8 Å². The molecule has 0 aliphatic rings. The molecule has 0 aliphatic carbocycles. The molecule has 1 aromatic rings. The molecule has 1 aromatic carbocycles. The Hall–Kier alpha value is -1.49. The van der Waals surface area contributed by atoms with Gasteiger partial charge >= 0.3 is 0 Å². The molecule has 2 N–H and O–H groups in total. The first-order chi connectivity index (χ1) is 9.96. The highest BCUT2D eigenvalue weighted by Crippen LogP contribution is 2.28. The van der Waals surface area contributed by atoms with Crippen molar-refractivity contribution in [1.29, 1.82) is 0 Å². The molecule has 21 heavy (non-hydrogen) atoms. The zero-order chi connectivity index (χ0) is 15.8. The van der Waals surface area contributed by atoms with E-state index >= 15 is 0 Å². The van der Waals surface area contributed by atoms with Crippen LogP contribution in [0.25, 0.3) is 0 Å². The summed E-state index contributed by atoms with van der Waals surface area (Å²) < 4.78 is 0. The largest absolute Gasteiger partial charge is 0.347 e. The summed E-state index contributed by atoms with van der Waals surface area (Å²) in [6, 6.07) is 6.01. The smallest absolute Gasteiger partial charge is 0.243 e. The standard InChI is InChI=1S/C16H24N2O2S/c1-5-12(4)21-13-7-8-14(11(3)9-13)18-16(20)10-17-15(19)6-2/h7-9,12H,5-6,10H2,1-4H3,(H,17,19)(H,18,20)/t12-/m0/s1. The molecule has 0 saturated carbocycles. The van der Waals surface area contributed by atoms with Crippen molar-refractivity contribution < 1.29 is 9.59 Å². The number of aryl methyl sites for hydroxylation is 1. The van der Waals surface area contributed by atoms with Gasteiger partial charge in [0.05, 0.1) is 6.54 Å². The molecule has 0 aliphatic heterocycles. The summed E-state index contributed by atoms with van der Waals surface area (Å²) in [5.41, 5.74) is 1.82. The van der Waals surface area contributed by atoms with Crippen molar-refractivity contribution in [3.63, 3.8) is 0 Å². The number of nitrogens with one attached hydrogen (secondary N) is 2. The molecule has 1 rings (SSSR count). The predicted molar refractivity (Wildman–Crippen MR) is 88.7 cm³/mol. The molecule has 0 saturated heterocycles. The Morgan fingerprint density at radius 1 is 1.24 bits per heavy atom. The molecular formula is C16H24N2O2S. The van der Waals surface area contributed by atoms with Crippen LogP contribution in [0.1, 0.15) is 39.2 Å². The van der Waals surface area contributed by atoms with Gasteiger partial charge in [-0.2, -0.15) is 0 Å². The van der Waals surface area contributed by atoms with Crippen molar-refractivity contribution in [2.45, 2.75) is 50.7 Å². The van der Waals surface area contributed by atoms with Crippen LogP contribution in [0.3, 0.4) is 0 Å². The number of anilines is 1. The highest BCUT2D eigenvalue weighted by atomic mass is 32.2. The van der Waals surface area contributed by atoms with Crippen LogP contribution in [-0.2, 0) is 9.59 Å². The van der Waals surface area contributed by atoms with Crippen LogP contribution in [0.15, 0.2) is 23.1 Å². The van der Waals surface area contributed by atoms with E-state index in [1.165, 1.54) is 4.90 Å². The maximum Gasteiger partial charge on any atom is 0.243 e. The maximum atomic E-state index is 11.8. The Balaban J connectivity index is 2.60. The number of amides is 2. The van der Waals surface area contributed by atoms with Crippen LogP contribution in [0, 0.1) is 6.92 Å². The lowest BCUT2D eigenvalue weighted by Crippen LogP contribution is -2.32. The Morgan fingerprint density at radius 2 is 1.95 bits per heavy atom. The quantitative estimate of drug-likeness (QED) is 0.759. The molecular weight excluding hydrogens is 284 g/mol. The van der Waals surface area contributed by atoms with E-state index in [9.17, 15) is 9.59 Å². The monoisotopic (exact) mass is 308 g/mol. The van der Waals surface area contributed by atoms with Crippen LogP contribution in [0.2, 0.25) is 0 Å². The molecule has 4 nitrogen and oxygen atoms in total. The van der Waals surface area contributed by atoms with Crippen LogP contribution < -0.4 is 10.6 Å². The van der Waals surface area contributed by atoms with Gasteiger partial charge in [0.15, 0.2) is 0 Å². The second kappa shape index (κ2) is 8.72. The normalized spacial score (nSPS) is 11.8. The second-order valence-corrected chi connectivity index (χ2v) is 6.50. The Labute approximate surface area is 131 Å². The topological polar surface area (TPSA) is 58.2 Å². The average Bonchev–Trinajstić information content (AvgIpc) is 2.47. The molecule has 116 valence electrons. The summed E-state index contributed by atoms with van der Waals surface area (Å²) >= 11 is 1.83. The van der Waals surface area contributed by atoms with E-state index < -0.39 is 0 Å². The highest BCUT2D eigenvalue weighted by Gasteiger charge is 2.08. The lowest BCUT2D eigenvalue weighted by Gasteiger charge is -2.12. The minimum Gasteiger partial charge on any atom is -0.347 e. The zero-order valence-corrected chi connectivity index (χ0v) is 14.0. The fraction of sp³-hybridized carbons (Fsp3) is 0.500. The lowest BCUT2D eigenvalue weighted by molar-refractivity contribution is -0.123. The van der Waals surface area contributed by atoms with E-state index in [2.05, 4.69) is 30.5 Å². The first-order valence-corrected chi connectivity index (χ1v) is 8.18. The van der Waals surface area contributed by atoms with Crippen LogP contribution in [0.5, 0.6) is 0 Å². The maximum absolute atomic E-state index is 11.8. The Bertz CT molecular complexity index is 503. The van der Waals surface area contributed by atoms with Gasteiger partial charge in [-0.15, -0.1) is 11.8 Å². The van der Waals surface area contributed by atoms with E-state index in [0.717, 1.165) is 17.7 Å². The van der Waals surface area contributed by atoms with E-state index in [1.54, 1.807) is 6.92 Å². The first kappa shape index (κ1) is 17.6. The second-order valence-electron chi connectivity index (χ2n) is 4.99. The molecule has 2 amide bonds. The van der Waals surface area contributed by atoms with E-state index in [0.29, 0.717) is 11.7 Å². The molecule has 5 heteroatoms. The van der Waals surface area contributed by atoms with Gasteiger partial charge in [0, 0.05) is 22.3 Å². The summed E-state index contributed by atoms with van der Waals surface area (Å²) in [5.74, 6) is -0.329. The third-order valence-electron chi connectivity index (χ3n) is 3.15. The van der Waals surface area contributed by atoms with Gasteiger partial charge < -0.3 is 10.6 Å². The summed E-state index contributed by atoms with van der Waals surface area (Å²) in [4.78, 5) is 24.1. The molecule has 0 heterocycles. The minimum atomic E-state index is -0.206. The first-order valence-electron chi connectivity index (χ1n) is 7.30. The van der Waals surface area contributed by atoms with Gasteiger partial charge in [-0.25, -0.2) is 0 Å². The molecule has 0 unspecified atom stereocenters. The van der Waals surface area contributed by atoms with Gasteiger partial charge in [0.2, 0.25) is 11.8 Å². The van der Waals surface area contributed by atoms with Crippen molar-refractivity contribution in [3.8, 4) is 0 Å². The Kier molecular flexibility index (Phi) is 7.29. The molecule has 1 atom stereocenters. The number of thioether (sulfide) groups is 1. The summed E-state index contributed by atoms with van der Waals surface area (Å²) in [6.45, 7) is 8.11. The zero-order valence-electron chi connectivity index (χ0n) is 13.2. The summed E-state index contributed by atoms with van der Waals surface area (Å²) in [7, 11) is 0. The number of rotatable bonds is 7. The minimum absolute atomic E-state index is 0.00941. The third-order valence-corrected chi connectivity index (χ3v) is 4.41. The van der Waals surface area contributed by atoms with Gasteiger partial charge in [-0.1, -0.05) is 20.8 Å². The summed E-state index contributed by atoms with van der Waals surface area (Å²) in [6.07, 6.45) is 1.51. The lowest BCUT2D eigenvalue weighted by atomic mass is 10.2. The van der Waals surface area contributed by atoms with Crippen molar-refractivity contribution >= 4 is 29.3 Å². The molecule has 0 bridgehead atoms. The Morgan fingerprint density at radius 3 is 2.52 bits per heavy atom. The van der Waals surface area contributed by atoms with E-state index in [4.69, 9.17) is 0 Å². The van der Waals surface area contributed by atoms with Crippen molar-refractivity contribution in [1.82, 2.24) is 5.32 Å². The van der Waals surface area contributed by atoms with Gasteiger partial charge in [0.25, 0.3) is 0 Å². The average molecular weight is 308 g/mol. The van der Waals surface area contributed by atoms with Crippen LogP contribution in [-0.4, -0.2) is 23.6 Å². The van der Waals surface area contributed by atoms with Crippen LogP contribution in [0.4, 0.5) is 5.69 Å². The van der Waals surface area contributed by atoms with E-state index in [-0.39, 0.29) is 18.4 Å².